The molecule has 0 spiro atoms. The Bertz CT molecular complexity index is 2650. The highest BCUT2D eigenvalue weighted by Gasteiger charge is 2.18. The minimum absolute atomic E-state index is 0.0183. The van der Waals surface area contributed by atoms with E-state index in [0.29, 0.717) is 30.4 Å². The Morgan fingerprint density at radius 3 is 1.38 bits per heavy atom. The van der Waals surface area contributed by atoms with Crippen molar-refractivity contribution in [2.75, 3.05) is 13.2 Å². The quantitative estimate of drug-likeness (QED) is 0.0237. The van der Waals surface area contributed by atoms with E-state index >= 15 is 0 Å². The van der Waals surface area contributed by atoms with Crippen LogP contribution in [-0.4, -0.2) is 43.1 Å². The van der Waals surface area contributed by atoms with E-state index < -0.39 is 41.4 Å². The standard InChI is InChI=1S/C52H42FNO11/c1-3-48(55)61-33-9-7-5-4-6-8-32-60-42-23-14-37(15-24-42)49(56)63-44-29-18-39(19-30-44)51(58)65-47-34-40(20-31-46(47)53)52(59)64-45-27-16-38(17-28-45)50(57)62-43-25-12-36(13-26-43)35-10-21-41(54-2)22-11-35/h3,10-31,34H,1,4-9,32-33H2. The molecule has 0 N–H and O–H groups in total. The number of benzene rings is 6. The molecule has 13 heteroatoms. The molecule has 0 radical (unpaired) electrons. The molecule has 0 saturated heterocycles. The van der Waals surface area contributed by atoms with Crippen LogP contribution in [0, 0.1) is 12.4 Å². The second kappa shape index (κ2) is 23.2. The number of carbonyl (C=O) groups is 5. The van der Waals surface area contributed by atoms with E-state index in [-0.39, 0.29) is 33.8 Å². The molecule has 0 bridgehead atoms. The number of hydrogen-bond donors (Lipinski definition) is 0. The van der Waals surface area contributed by atoms with Gasteiger partial charge in [0.25, 0.3) is 0 Å². The summed E-state index contributed by atoms with van der Waals surface area (Å²) in [6, 6.07) is 34.8. The van der Waals surface area contributed by atoms with Gasteiger partial charge in [-0.15, -0.1) is 0 Å². The van der Waals surface area contributed by atoms with Gasteiger partial charge < -0.3 is 28.4 Å². The van der Waals surface area contributed by atoms with Gasteiger partial charge in [-0.2, -0.15) is 0 Å². The van der Waals surface area contributed by atoms with Gasteiger partial charge in [-0.05, 0) is 127 Å². The number of ether oxygens (including phenoxy) is 6. The first-order chi connectivity index (χ1) is 31.6. The van der Waals surface area contributed by atoms with Crippen molar-refractivity contribution in [2.24, 2.45) is 0 Å². The van der Waals surface area contributed by atoms with Crippen molar-refractivity contribution in [2.45, 2.75) is 38.5 Å². The van der Waals surface area contributed by atoms with Crippen LogP contribution < -0.4 is 23.7 Å². The Hall–Kier alpha value is -8.37. The van der Waals surface area contributed by atoms with Crippen LogP contribution >= 0.6 is 0 Å². The highest BCUT2D eigenvalue weighted by Crippen LogP contribution is 2.27. The van der Waals surface area contributed by atoms with E-state index in [1.807, 2.05) is 12.1 Å². The second-order valence-corrected chi connectivity index (χ2v) is 14.3. The summed E-state index contributed by atoms with van der Waals surface area (Å²) in [5.41, 5.74) is 2.70. The zero-order valence-electron chi connectivity index (χ0n) is 35.0. The molecule has 0 atom stereocenters. The summed E-state index contributed by atoms with van der Waals surface area (Å²) in [4.78, 5) is 65.9. The lowest BCUT2D eigenvalue weighted by Crippen LogP contribution is -2.13. The Morgan fingerprint density at radius 1 is 0.492 bits per heavy atom. The van der Waals surface area contributed by atoms with Gasteiger partial charge in [-0.3, -0.25) is 0 Å². The van der Waals surface area contributed by atoms with Crippen molar-refractivity contribution < 1.29 is 56.8 Å². The summed E-state index contributed by atoms with van der Waals surface area (Å²) >= 11 is 0. The third-order valence-electron chi connectivity index (χ3n) is 9.67. The number of esters is 5. The van der Waals surface area contributed by atoms with E-state index in [2.05, 4.69) is 11.4 Å². The summed E-state index contributed by atoms with van der Waals surface area (Å²) in [6.45, 7) is 11.4. The maximum atomic E-state index is 14.7. The van der Waals surface area contributed by atoms with Gasteiger partial charge in [0.15, 0.2) is 17.3 Å². The molecular weight excluding hydrogens is 834 g/mol. The lowest BCUT2D eigenvalue weighted by Gasteiger charge is -2.10. The average Bonchev–Trinajstić information content (AvgIpc) is 3.33. The summed E-state index contributed by atoms with van der Waals surface area (Å²) in [5.74, 6) is -3.74. The number of carbonyl (C=O) groups excluding carboxylic acids is 5. The minimum Gasteiger partial charge on any atom is -0.494 e. The normalized spacial score (nSPS) is 10.5. The number of unbranched alkanes of at least 4 members (excludes halogenated alkanes) is 5. The molecule has 65 heavy (non-hydrogen) atoms. The molecule has 6 aromatic rings. The molecule has 0 aliphatic heterocycles. The van der Waals surface area contributed by atoms with Crippen molar-refractivity contribution in [1.82, 2.24) is 0 Å². The van der Waals surface area contributed by atoms with Crippen LogP contribution in [0.5, 0.6) is 28.7 Å². The lowest BCUT2D eigenvalue weighted by atomic mass is 10.1. The molecule has 12 nitrogen and oxygen atoms in total. The van der Waals surface area contributed by atoms with Crippen LogP contribution in [0.4, 0.5) is 10.1 Å². The van der Waals surface area contributed by atoms with Crippen molar-refractivity contribution in [3.63, 3.8) is 0 Å². The minimum atomic E-state index is -0.933. The first kappa shape index (κ1) is 46.1. The van der Waals surface area contributed by atoms with Gasteiger partial charge in [0, 0.05) is 6.08 Å². The Balaban J connectivity index is 0.924. The van der Waals surface area contributed by atoms with Crippen LogP contribution in [0.3, 0.4) is 0 Å². The molecule has 0 saturated carbocycles. The Labute approximate surface area is 374 Å². The van der Waals surface area contributed by atoms with E-state index in [1.165, 1.54) is 54.6 Å². The summed E-state index contributed by atoms with van der Waals surface area (Å²) in [7, 11) is 0. The highest BCUT2D eigenvalue weighted by atomic mass is 19.1. The fourth-order valence-corrected chi connectivity index (χ4v) is 6.15. The number of nitrogens with zero attached hydrogens (tertiary/aromatic N) is 1. The third-order valence-corrected chi connectivity index (χ3v) is 9.67. The van der Waals surface area contributed by atoms with E-state index in [1.54, 1.807) is 60.7 Å². The van der Waals surface area contributed by atoms with Gasteiger partial charge >= 0.3 is 29.8 Å². The molecule has 0 aliphatic rings. The number of halogens is 1. The first-order valence-electron chi connectivity index (χ1n) is 20.6. The van der Waals surface area contributed by atoms with Crippen molar-refractivity contribution in [3.8, 4) is 39.9 Å². The molecule has 328 valence electrons. The molecule has 6 rings (SSSR count). The van der Waals surface area contributed by atoms with E-state index in [0.717, 1.165) is 67.9 Å². The highest BCUT2D eigenvalue weighted by molar-refractivity contribution is 5.95. The molecule has 0 aromatic heterocycles. The Kier molecular flexibility index (Phi) is 16.5. The molecule has 6 aromatic carbocycles. The first-order valence-corrected chi connectivity index (χ1v) is 20.6. The molecule has 0 amide bonds. The van der Waals surface area contributed by atoms with Crippen molar-refractivity contribution in [3.05, 3.63) is 192 Å². The average molecular weight is 876 g/mol. The predicted octanol–water partition coefficient (Wildman–Crippen LogP) is 11.4. The summed E-state index contributed by atoms with van der Waals surface area (Å²) in [5, 5.41) is 0. The van der Waals surface area contributed by atoms with E-state index in [9.17, 15) is 28.4 Å². The topological polar surface area (TPSA) is 145 Å². The van der Waals surface area contributed by atoms with Crippen LogP contribution in [0.15, 0.2) is 152 Å². The van der Waals surface area contributed by atoms with E-state index in [4.69, 9.17) is 35.0 Å². The maximum absolute atomic E-state index is 14.7. The SMILES string of the molecule is [C-]#[N+]c1ccc(-c2ccc(OC(=O)c3ccc(OC(=O)c4ccc(F)c(OC(=O)c5ccc(OC(=O)c6ccc(OCCCCCCCCOC(=O)C=C)cc6)cc5)c4)cc3)cc2)cc1. The molecular formula is C52H42FNO11. The fraction of sp³-hybridized carbons (Fsp3) is 0.154. The van der Waals surface area contributed by atoms with Gasteiger partial charge in [0.05, 0.1) is 42.0 Å². The predicted molar refractivity (Wildman–Crippen MR) is 238 cm³/mol. The Morgan fingerprint density at radius 2 is 0.892 bits per heavy atom. The van der Waals surface area contributed by atoms with Gasteiger partial charge in [-0.1, -0.05) is 68.7 Å². The second-order valence-electron chi connectivity index (χ2n) is 14.3. The largest absolute Gasteiger partial charge is 0.494 e. The lowest BCUT2D eigenvalue weighted by molar-refractivity contribution is -0.137. The monoisotopic (exact) mass is 875 g/mol. The zero-order valence-corrected chi connectivity index (χ0v) is 35.0. The van der Waals surface area contributed by atoms with Gasteiger partial charge in [0.1, 0.15) is 23.0 Å². The maximum Gasteiger partial charge on any atom is 0.343 e. The van der Waals surface area contributed by atoms with Crippen molar-refractivity contribution in [1.29, 1.82) is 0 Å². The van der Waals surface area contributed by atoms with Crippen LogP contribution in [0.2, 0.25) is 0 Å². The number of hydrogen-bond acceptors (Lipinski definition) is 11. The molecule has 0 fully saturated rings. The number of rotatable bonds is 20. The van der Waals surface area contributed by atoms with Crippen molar-refractivity contribution >= 4 is 35.5 Å². The van der Waals surface area contributed by atoms with Gasteiger partial charge in [-0.25, -0.2) is 33.2 Å². The summed E-state index contributed by atoms with van der Waals surface area (Å²) < 4.78 is 47.1. The fourth-order valence-electron chi connectivity index (χ4n) is 6.15. The zero-order chi connectivity index (χ0) is 46.0. The van der Waals surface area contributed by atoms with Crippen LogP contribution in [-0.2, 0) is 9.53 Å². The molecule has 0 unspecified atom stereocenters. The third kappa shape index (κ3) is 13.8. The van der Waals surface area contributed by atoms with Gasteiger partial charge in [0.2, 0.25) is 0 Å². The molecule has 0 heterocycles. The molecule has 0 aliphatic carbocycles. The van der Waals surface area contributed by atoms with Crippen LogP contribution in [0.25, 0.3) is 16.0 Å². The summed E-state index contributed by atoms with van der Waals surface area (Å²) in [6.07, 6.45) is 6.91. The van der Waals surface area contributed by atoms with Crippen LogP contribution in [0.1, 0.15) is 80.0 Å². The smallest absolute Gasteiger partial charge is 0.343 e.